The molecule has 2 aliphatic rings. The Labute approximate surface area is 104 Å². The summed E-state index contributed by atoms with van der Waals surface area (Å²) in [6.45, 7) is 0.245. The van der Waals surface area contributed by atoms with E-state index in [0.29, 0.717) is 29.8 Å². The van der Waals surface area contributed by atoms with Gasteiger partial charge in [-0.2, -0.15) is 0 Å². The highest BCUT2D eigenvalue weighted by atomic mass is 16.6. The fourth-order valence-corrected chi connectivity index (χ4v) is 1.78. The van der Waals surface area contributed by atoms with Gasteiger partial charge >= 0.3 is 0 Å². The highest BCUT2D eigenvalue weighted by Crippen LogP contribution is 2.29. The molecule has 18 heavy (non-hydrogen) atoms. The molecule has 1 aliphatic heterocycles. The second kappa shape index (κ2) is 5.55. The Morgan fingerprint density at radius 2 is 2.28 bits per heavy atom. The van der Waals surface area contributed by atoms with Gasteiger partial charge in [-0.15, -0.1) is 0 Å². The highest BCUT2D eigenvalue weighted by Gasteiger charge is 2.28. The number of carbonyl (C=O) groups excluding carboxylic acids is 1. The first-order valence-corrected chi connectivity index (χ1v) is 5.60. The van der Waals surface area contributed by atoms with Crippen molar-refractivity contribution in [2.24, 2.45) is 0 Å². The van der Waals surface area contributed by atoms with E-state index < -0.39 is 12.2 Å². The van der Waals surface area contributed by atoms with Gasteiger partial charge in [-0.05, 0) is 30.7 Å². The minimum Gasteiger partial charge on any atom is -0.515 e. The standard InChI is InChI=1S/C13H14O5/c14-5-1-2-9(7-15)13-8-17-11-4-3-10(16)6-12(11)18-13/h1-2,4-7,10,13,15-16H,3,8H2. The van der Waals surface area contributed by atoms with Crippen molar-refractivity contribution in [2.75, 3.05) is 6.61 Å². The molecule has 2 N–H and O–H groups in total. The van der Waals surface area contributed by atoms with Gasteiger partial charge < -0.3 is 19.7 Å². The Morgan fingerprint density at radius 1 is 1.44 bits per heavy atom. The number of aliphatic hydroxyl groups is 2. The van der Waals surface area contributed by atoms with Crippen molar-refractivity contribution in [3.63, 3.8) is 0 Å². The van der Waals surface area contributed by atoms with Gasteiger partial charge in [0.15, 0.2) is 17.6 Å². The van der Waals surface area contributed by atoms with Crippen LogP contribution in [0.2, 0.25) is 0 Å². The fourth-order valence-electron chi connectivity index (χ4n) is 1.78. The van der Waals surface area contributed by atoms with Crippen LogP contribution in [0.15, 0.2) is 47.7 Å². The van der Waals surface area contributed by atoms with E-state index in [1.54, 1.807) is 12.2 Å². The van der Waals surface area contributed by atoms with E-state index in [4.69, 9.17) is 14.6 Å². The molecule has 1 fully saturated rings. The summed E-state index contributed by atoms with van der Waals surface area (Å²) in [6, 6.07) is 0. The number of allylic oxidation sites excluding steroid dienone is 1. The van der Waals surface area contributed by atoms with Crippen molar-refractivity contribution in [1.82, 2.24) is 0 Å². The van der Waals surface area contributed by atoms with E-state index in [1.165, 1.54) is 12.2 Å². The molecule has 1 saturated heterocycles. The van der Waals surface area contributed by atoms with Crippen molar-refractivity contribution < 1.29 is 24.5 Å². The molecule has 5 heteroatoms. The normalized spacial score (nSPS) is 27.7. The van der Waals surface area contributed by atoms with Crippen LogP contribution < -0.4 is 0 Å². The van der Waals surface area contributed by atoms with Gasteiger partial charge in [0.25, 0.3) is 0 Å². The molecule has 0 amide bonds. The van der Waals surface area contributed by atoms with Crippen LogP contribution in [0.4, 0.5) is 0 Å². The number of ether oxygens (including phenoxy) is 2. The molecule has 1 heterocycles. The first-order chi connectivity index (χ1) is 8.74. The molecule has 0 spiro atoms. The second-order valence-electron chi connectivity index (χ2n) is 3.94. The minimum absolute atomic E-state index is 0.245. The summed E-state index contributed by atoms with van der Waals surface area (Å²) in [5, 5.41) is 18.6. The Balaban J connectivity index is 2.12. The molecule has 2 rings (SSSR count). The Hall–Kier alpha value is -2.01. The van der Waals surface area contributed by atoms with Crippen LogP contribution in [0.25, 0.3) is 0 Å². The third-order valence-electron chi connectivity index (χ3n) is 2.68. The van der Waals surface area contributed by atoms with Crippen LogP contribution in [-0.4, -0.2) is 35.3 Å². The third kappa shape index (κ3) is 2.62. The summed E-state index contributed by atoms with van der Waals surface area (Å²) in [6.07, 6.45) is 6.96. The molecule has 0 aromatic heterocycles. The number of carbonyl (C=O) groups is 1. The lowest BCUT2D eigenvalue weighted by Gasteiger charge is -2.31. The summed E-state index contributed by atoms with van der Waals surface area (Å²) >= 11 is 0. The lowest BCUT2D eigenvalue weighted by molar-refractivity contribution is -0.104. The summed E-state index contributed by atoms with van der Waals surface area (Å²) in [4.78, 5) is 10.3. The number of hydrogen-bond acceptors (Lipinski definition) is 5. The molecule has 96 valence electrons. The molecule has 2 unspecified atom stereocenters. The van der Waals surface area contributed by atoms with Crippen molar-refractivity contribution in [1.29, 1.82) is 0 Å². The van der Waals surface area contributed by atoms with Gasteiger partial charge in [-0.25, -0.2) is 0 Å². The monoisotopic (exact) mass is 250 g/mol. The second-order valence-corrected chi connectivity index (χ2v) is 3.94. The summed E-state index contributed by atoms with van der Waals surface area (Å²) in [7, 11) is 0. The molecule has 0 aromatic carbocycles. The predicted octanol–water partition coefficient (Wildman–Crippen LogP) is 1.13. The molecular formula is C13H14O5. The zero-order valence-electron chi connectivity index (χ0n) is 9.65. The van der Waals surface area contributed by atoms with E-state index in [9.17, 15) is 9.90 Å². The predicted molar refractivity (Wildman–Crippen MR) is 63.5 cm³/mol. The maximum Gasteiger partial charge on any atom is 0.161 e. The summed E-state index contributed by atoms with van der Waals surface area (Å²) < 4.78 is 11.1. The largest absolute Gasteiger partial charge is 0.515 e. The van der Waals surface area contributed by atoms with Crippen LogP contribution >= 0.6 is 0 Å². The zero-order chi connectivity index (χ0) is 13.0. The molecule has 0 saturated carbocycles. The molecule has 0 aromatic rings. The van der Waals surface area contributed by atoms with Gasteiger partial charge in [-0.1, -0.05) is 0 Å². The molecular weight excluding hydrogens is 236 g/mol. The smallest absolute Gasteiger partial charge is 0.161 e. The maximum atomic E-state index is 10.3. The first kappa shape index (κ1) is 12.4. The maximum absolute atomic E-state index is 10.3. The average molecular weight is 250 g/mol. The van der Waals surface area contributed by atoms with Crippen molar-refractivity contribution in [2.45, 2.75) is 18.6 Å². The lowest BCUT2D eigenvalue weighted by Crippen LogP contribution is -2.29. The van der Waals surface area contributed by atoms with E-state index in [0.717, 1.165) is 6.26 Å². The van der Waals surface area contributed by atoms with E-state index in [1.807, 2.05) is 0 Å². The van der Waals surface area contributed by atoms with E-state index >= 15 is 0 Å². The summed E-state index contributed by atoms with van der Waals surface area (Å²) in [5.74, 6) is 1.07. The van der Waals surface area contributed by atoms with Gasteiger partial charge in [0.05, 0.1) is 12.4 Å². The minimum atomic E-state index is -0.585. The Morgan fingerprint density at radius 3 is 3.00 bits per heavy atom. The lowest BCUT2D eigenvalue weighted by atomic mass is 10.1. The van der Waals surface area contributed by atoms with Crippen molar-refractivity contribution in [3.05, 3.63) is 47.7 Å². The Bertz CT molecular complexity index is 444. The van der Waals surface area contributed by atoms with E-state index in [2.05, 4.69) is 0 Å². The molecule has 0 bridgehead atoms. The quantitative estimate of drug-likeness (QED) is 0.340. The molecule has 2 atom stereocenters. The molecule has 0 radical (unpaired) electrons. The third-order valence-corrected chi connectivity index (χ3v) is 2.68. The van der Waals surface area contributed by atoms with Crippen LogP contribution in [0.1, 0.15) is 6.42 Å². The summed E-state index contributed by atoms with van der Waals surface area (Å²) in [5.41, 5.74) is 0.433. The van der Waals surface area contributed by atoms with Crippen LogP contribution in [0.5, 0.6) is 0 Å². The average Bonchev–Trinajstić information content (AvgIpc) is 2.39. The van der Waals surface area contributed by atoms with Gasteiger partial charge in [0, 0.05) is 5.57 Å². The molecule has 5 nitrogen and oxygen atoms in total. The fraction of sp³-hybridized carbons (Fsp3) is 0.308. The topological polar surface area (TPSA) is 76.0 Å². The van der Waals surface area contributed by atoms with Crippen LogP contribution in [0.3, 0.4) is 0 Å². The Kier molecular flexibility index (Phi) is 3.84. The van der Waals surface area contributed by atoms with E-state index in [-0.39, 0.29) is 6.61 Å². The SMILES string of the molecule is O=CC=CC(=CO)C1COC2=CCC(O)C=C2O1. The number of aliphatic hydroxyl groups excluding tert-OH is 2. The molecule has 1 aliphatic carbocycles. The first-order valence-electron chi connectivity index (χ1n) is 5.60. The van der Waals surface area contributed by atoms with Crippen LogP contribution in [-0.2, 0) is 14.3 Å². The number of rotatable bonds is 3. The highest BCUT2D eigenvalue weighted by molar-refractivity contribution is 5.65. The van der Waals surface area contributed by atoms with Crippen molar-refractivity contribution in [3.8, 4) is 0 Å². The number of fused-ring (bicyclic) bond motifs is 1. The number of aldehydes is 1. The van der Waals surface area contributed by atoms with Crippen LogP contribution in [0, 0.1) is 0 Å². The van der Waals surface area contributed by atoms with Crippen molar-refractivity contribution >= 4 is 6.29 Å². The number of hydrogen-bond donors (Lipinski definition) is 2. The van der Waals surface area contributed by atoms with Gasteiger partial charge in [0.2, 0.25) is 0 Å². The van der Waals surface area contributed by atoms with Gasteiger partial charge in [-0.3, -0.25) is 4.79 Å². The zero-order valence-corrected chi connectivity index (χ0v) is 9.65. The van der Waals surface area contributed by atoms with Gasteiger partial charge in [0.1, 0.15) is 12.9 Å².